The van der Waals surface area contributed by atoms with Gasteiger partial charge in [-0.3, -0.25) is 4.79 Å². The molecule has 0 N–H and O–H groups in total. The van der Waals surface area contributed by atoms with E-state index in [1.165, 1.54) is 0 Å². The first kappa shape index (κ1) is 11.6. The van der Waals surface area contributed by atoms with E-state index in [-0.39, 0.29) is 5.56 Å². The van der Waals surface area contributed by atoms with E-state index in [2.05, 4.69) is 5.10 Å². The van der Waals surface area contributed by atoms with Gasteiger partial charge in [-0.05, 0) is 13.0 Å². The van der Waals surface area contributed by atoms with Crippen LogP contribution in [0.2, 0.25) is 0 Å². The van der Waals surface area contributed by atoms with Crippen molar-refractivity contribution < 1.29 is 9.57 Å². The third-order valence-electron chi connectivity index (χ3n) is 2.39. The Morgan fingerprint density at radius 1 is 1.29 bits per heavy atom. The number of hydrogen-bond donors (Lipinski definition) is 0. The van der Waals surface area contributed by atoms with Crippen molar-refractivity contribution in [3.63, 3.8) is 0 Å². The van der Waals surface area contributed by atoms with Crippen LogP contribution in [0.25, 0.3) is 10.8 Å². The summed E-state index contributed by atoms with van der Waals surface area (Å²) in [7, 11) is 1.59. The van der Waals surface area contributed by atoms with Gasteiger partial charge >= 0.3 is 5.56 Å². The van der Waals surface area contributed by atoms with Crippen molar-refractivity contribution in [2.45, 2.75) is 13.5 Å². The molecule has 0 aliphatic heterocycles. The van der Waals surface area contributed by atoms with Crippen LogP contribution in [0.3, 0.4) is 0 Å². The van der Waals surface area contributed by atoms with Crippen molar-refractivity contribution in [1.82, 2.24) is 9.94 Å². The van der Waals surface area contributed by atoms with Crippen LogP contribution in [0, 0.1) is 0 Å². The Bertz CT molecular complexity index is 577. The van der Waals surface area contributed by atoms with Gasteiger partial charge in [0, 0.05) is 12.5 Å². The minimum absolute atomic E-state index is 0.248. The molecule has 0 bridgehead atoms. The number of rotatable bonds is 4. The summed E-state index contributed by atoms with van der Waals surface area (Å²) in [5.41, 5.74) is 0.443. The summed E-state index contributed by atoms with van der Waals surface area (Å²) in [4.78, 5) is 18.2. The van der Waals surface area contributed by atoms with Gasteiger partial charge in [-0.25, -0.2) is 0 Å². The molecule has 5 heteroatoms. The number of benzene rings is 1. The van der Waals surface area contributed by atoms with E-state index in [1.807, 2.05) is 18.2 Å². The van der Waals surface area contributed by atoms with Crippen molar-refractivity contribution in [3.8, 4) is 0 Å². The molecule has 0 aliphatic rings. The molecule has 0 atom stereocenters. The SMILES string of the molecule is CCOn1nc(COC)c2ccccc2c1=O. The lowest BCUT2D eigenvalue weighted by atomic mass is 10.1. The lowest BCUT2D eigenvalue weighted by Crippen LogP contribution is -2.30. The molecule has 90 valence electrons. The predicted molar refractivity (Wildman–Crippen MR) is 63.8 cm³/mol. The van der Waals surface area contributed by atoms with Crippen LogP contribution >= 0.6 is 0 Å². The highest BCUT2D eigenvalue weighted by Gasteiger charge is 2.10. The third kappa shape index (κ3) is 2.14. The van der Waals surface area contributed by atoms with Crippen molar-refractivity contribution in [3.05, 3.63) is 40.3 Å². The lowest BCUT2D eigenvalue weighted by molar-refractivity contribution is 0.0775. The number of aromatic nitrogens is 2. The van der Waals surface area contributed by atoms with Gasteiger partial charge in [0.05, 0.1) is 17.7 Å². The molecule has 1 aromatic heterocycles. The van der Waals surface area contributed by atoms with Gasteiger partial charge in [0.15, 0.2) is 0 Å². The average Bonchev–Trinajstić information content (AvgIpc) is 2.36. The first-order valence-electron chi connectivity index (χ1n) is 5.41. The topological polar surface area (TPSA) is 53.4 Å². The molecule has 0 amide bonds. The zero-order chi connectivity index (χ0) is 12.3. The second-order valence-corrected chi connectivity index (χ2v) is 3.52. The minimum atomic E-state index is -0.248. The molecule has 5 nitrogen and oxygen atoms in total. The smallest absolute Gasteiger partial charge is 0.310 e. The van der Waals surface area contributed by atoms with E-state index in [0.29, 0.717) is 24.3 Å². The maximum atomic E-state index is 12.0. The molecule has 1 heterocycles. The van der Waals surface area contributed by atoms with Crippen LogP contribution in [0.4, 0.5) is 0 Å². The summed E-state index contributed by atoms with van der Waals surface area (Å²) in [6.45, 7) is 2.53. The van der Waals surface area contributed by atoms with Gasteiger partial charge in [-0.15, -0.1) is 5.10 Å². The Kier molecular flexibility index (Phi) is 3.39. The fraction of sp³-hybridized carbons (Fsp3) is 0.333. The second-order valence-electron chi connectivity index (χ2n) is 3.52. The Morgan fingerprint density at radius 2 is 2.00 bits per heavy atom. The molecule has 2 aromatic rings. The Balaban J connectivity index is 2.70. The van der Waals surface area contributed by atoms with Crippen molar-refractivity contribution in [2.75, 3.05) is 13.7 Å². The molecule has 0 fully saturated rings. The number of ether oxygens (including phenoxy) is 1. The molecule has 17 heavy (non-hydrogen) atoms. The van der Waals surface area contributed by atoms with Crippen molar-refractivity contribution in [2.24, 2.45) is 0 Å². The lowest BCUT2D eigenvalue weighted by Gasteiger charge is -2.09. The van der Waals surface area contributed by atoms with E-state index in [4.69, 9.17) is 9.57 Å². The summed E-state index contributed by atoms with van der Waals surface area (Å²) in [6, 6.07) is 7.30. The molecule has 2 rings (SSSR count). The quantitative estimate of drug-likeness (QED) is 0.791. The molecule has 0 unspecified atom stereocenters. The fourth-order valence-electron chi connectivity index (χ4n) is 1.69. The maximum absolute atomic E-state index is 12.0. The average molecular weight is 234 g/mol. The first-order chi connectivity index (χ1) is 8.27. The van der Waals surface area contributed by atoms with Crippen LogP contribution in [0.1, 0.15) is 12.6 Å². The minimum Gasteiger partial charge on any atom is -0.394 e. The van der Waals surface area contributed by atoms with E-state index < -0.39 is 0 Å². The van der Waals surface area contributed by atoms with Crippen LogP contribution in [-0.2, 0) is 11.3 Å². The molecule has 0 saturated heterocycles. The van der Waals surface area contributed by atoms with Crippen molar-refractivity contribution in [1.29, 1.82) is 0 Å². The van der Waals surface area contributed by atoms with Gasteiger partial charge in [-0.1, -0.05) is 23.0 Å². The monoisotopic (exact) mass is 234 g/mol. The molecule has 0 saturated carbocycles. The van der Waals surface area contributed by atoms with E-state index in [1.54, 1.807) is 20.1 Å². The third-order valence-corrected chi connectivity index (χ3v) is 2.39. The van der Waals surface area contributed by atoms with Crippen LogP contribution in [-0.4, -0.2) is 23.7 Å². The molecule has 0 radical (unpaired) electrons. The van der Waals surface area contributed by atoms with Gasteiger partial charge in [-0.2, -0.15) is 0 Å². The normalized spacial score (nSPS) is 10.7. The van der Waals surface area contributed by atoms with E-state index >= 15 is 0 Å². The Morgan fingerprint density at radius 3 is 2.65 bits per heavy atom. The number of fused-ring (bicyclic) bond motifs is 1. The summed E-state index contributed by atoms with van der Waals surface area (Å²) in [6.07, 6.45) is 0. The van der Waals surface area contributed by atoms with Gasteiger partial charge in [0.2, 0.25) is 0 Å². The highest BCUT2D eigenvalue weighted by atomic mass is 16.7. The Labute approximate surface area is 98.5 Å². The number of hydrogen-bond acceptors (Lipinski definition) is 4. The van der Waals surface area contributed by atoms with Crippen LogP contribution in [0.5, 0.6) is 0 Å². The van der Waals surface area contributed by atoms with Gasteiger partial charge in [0.1, 0.15) is 6.61 Å². The molecule has 1 aromatic carbocycles. The standard InChI is InChI=1S/C12H14N2O3/c1-3-17-14-12(15)10-7-5-4-6-9(10)11(13-14)8-16-2/h4-7H,3,8H2,1-2H3. The maximum Gasteiger partial charge on any atom is 0.310 e. The first-order valence-corrected chi connectivity index (χ1v) is 5.41. The van der Waals surface area contributed by atoms with Gasteiger partial charge in [0.25, 0.3) is 0 Å². The van der Waals surface area contributed by atoms with Crippen LogP contribution in [0.15, 0.2) is 29.1 Å². The zero-order valence-electron chi connectivity index (χ0n) is 9.84. The fourth-order valence-corrected chi connectivity index (χ4v) is 1.69. The van der Waals surface area contributed by atoms with Crippen LogP contribution < -0.4 is 10.4 Å². The molecular weight excluding hydrogens is 220 g/mol. The van der Waals surface area contributed by atoms with Crippen molar-refractivity contribution >= 4 is 10.8 Å². The molecular formula is C12H14N2O3. The predicted octanol–water partition coefficient (Wildman–Crippen LogP) is 0.991. The molecule has 0 aliphatic carbocycles. The number of methoxy groups -OCH3 is 1. The van der Waals surface area contributed by atoms with E-state index in [0.717, 1.165) is 10.2 Å². The largest absolute Gasteiger partial charge is 0.394 e. The summed E-state index contributed by atoms with van der Waals surface area (Å²) >= 11 is 0. The highest BCUT2D eigenvalue weighted by molar-refractivity contribution is 5.83. The molecule has 0 spiro atoms. The Hall–Kier alpha value is -1.88. The van der Waals surface area contributed by atoms with E-state index in [9.17, 15) is 4.79 Å². The van der Waals surface area contributed by atoms with Gasteiger partial charge < -0.3 is 9.57 Å². The summed E-state index contributed by atoms with van der Waals surface area (Å²) in [5, 5.41) is 5.52. The highest BCUT2D eigenvalue weighted by Crippen LogP contribution is 2.13. The summed E-state index contributed by atoms with van der Waals surface area (Å²) in [5.74, 6) is 0. The number of nitrogens with zero attached hydrogens (tertiary/aromatic N) is 2. The summed E-state index contributed by atoms with van der Waals surface area (Å²) < 4.78 is 5.08. The second kappa shape index (κ2) is 4.97. The zero-order valence-corrected chi connectivity index (χ0v) is 9.84.